The molecule has 3 rings (SSSR count). The quantitative estimate of drug-likeness (QED) is 0.847. The number of aromatic nitrogens is 2. The number of nitrogens with zero attached hydrogens (tertiary/aromatic N) is 2. The van der Waals surface area contributed by atoms with E-state index < -0.39 is 0 Å². The van der Waals surface area contributed by atoms with Gasteiger partial charge in [-0.3, -0.25) is 9.78 Å². The van der Waals surface area contributed by atoms with Crippen molar-refractivity contribution in [2.24, 2.45) is 0 Å². The van der Waals surface area contributed by atoms with Crippen molar-refractivity contribution in [1.82, 2.24) is 15.3 Å². The van der Waals surface area contributed by atoms with Crippen molar-refractivity contribution in [2.75, 3.05) is 25.0 Å². The van der Waals surface area contributed by atoms with Gasteiger partial charge in [0.1, 0.15) is 0 Å². The molecule has 0 saturated carbocycles. The van der Waals surface area contributed by atoms with Crippen LogP contribution in [-0.2, 0) is 0 Å². The molecule has 19 heavy (non-hydrogen) atoms. The van der Waals surface area contributed by atoms with E-state index in [-0.39, 0.29) is 5.56 Å². The van der Waals surface area contributed by atoms with E-state index in [1.54, 1.807) is 6.07 Å². The number of H-pyrrole nitrogens is 1. The summed E-state index contributed by atoms with van der Waals surface area (Å²) in [7, 11) is 2.02. The molecule has 100 valence electrons. The fraction of sp³-hybridized carbons (Fsp3) is 0.429. The minimum Gasteiger partial charge on any atom is -0.370 e. The Hall–Kier alpha value is -1.88. The van der Waals surface area contributed by atoms with E-state index in [0.29, 0.717) is 6.04 Å². The second kappa shape index (κ2) is 5.01. The van der Waals surface area contributed by atoms with Gasteiger partial charge in [-0.15, -0.1) is 0 Å². The second-order valence-electron chi connectivity index (χ2n) is 5.00. The summed E-state index contributed by atoms with van der Waals surface area (Å²) in [6, 6.07) is 5.90. The smallest absolute Gasteiger partial charge is 0.248 e. The zero-order chi connectivity index (χ0) is 13.2. The molecule has 5 nitrogen and oxygen atoms in total. The SMILES string of the molecule is CNC1CCN(c2cnc3ccc(=O)[nH]c3c2)CC1. The number of hydrogen-bond acceptors (Lipinski definition) is 4. The number of fused-ring (bicyclic) bond motifs is 1. The minimum absolute atomic E-state index is 0.0830. The van der Waals surface area contributed by atoms with Crippen LogP contribution < -0.4 is 15.8 Å². The number of pyridine rings is 2. The number of piperidine rings is 1. The average Bonchev–Trinajstić information content (AvgIpc) is 2.46. The summed E-state index contributed by atoms with van der Waals surface area (Å²) in [4.78, 5) is 20.9. The Morgan fingerprint density at radius 2 is 2.16 bits per heavy atom. The maximum Gasteiger partial charge on any atom is 0.248 e. The molecule has 5 heteroatoms. The normalized spacial score (nSPS) is 17.0. The highest BCUT2D eigenvalue weighted by atomic mass is 16.1. The molecule has 0 spiro atoms. The van der Waals surface area contributed by atoms with Gasteiger partial charge < -0.3 is 15.2 Å². The van der Waals surface area contributed by atoms with Crippen molar-refractivity contribution < 1.29 is 0 Å². The Bertz CT molecular complexity index is 629. The van der Waals surface area contributed by atoms with E-state index in [0.717, 1.165) is 42.7 Å². The number of nitrogens with one attached hydrogen (secondary N) is 2. The Kier molecular flexibility index (Phi) is 3.21. The van der Waals surface area contributed by atoms with E-state index in [1.807, 2.05) is 19.3 Å². The first-order valence-electron chi connectivity index (χ1n) is 6.67. The highest BCUT2D eigenvalue weighted by molar-refractivity contribution is 5.77. The van der Waals surface area contributed by atoms with E-state index in [2.05, 4.69) is 20.2 Å². The van der Waals surface area contributed by atoms with Gasteiger partial charge in [0.25, 0.3) is 0 Å². The Labute approximate surface area is 111 Å². The first-order valence-corrected chi connectivity index (χ1v) is 6.67. The summed E-state index contributed by atoms with van der Waals surface area (Å²) < 4.78 is 0. The highest BCUT2D eigenvalue weighted by Crippen LogP contribution is 2.21. The largest absolute Gasteiger partial charge is 0.370 e. The highest BCUT2D eigenvalue weighted by Gasteiger charge is 2.18. The van der Waals surface area contributed by atoms with Crippen molar-refractivity contribution in [3.63, 3.8) is 0 Å². The lowest BCUT2D eigenvalue weighted by atomic mass is 10.0. The Balaban J connectivity index is 1.87. The molecule has 0 amide bonds. The molecule has 2 aromatic heterocycles. The van der Waals surface area contributed by atoms with E-state index in [4.69, 9.17) is 0 Å². The van der Waals surface area contributed by atoms with Gasteiger partial charge in [-0.2, -0.15) is 0 Å². The van der Waals surface area contributed by atoms with Gasteiger partial charge in [-0.1, -0.05) is 0 Å². The van der Waals surface area contributed by atoms with E-state index in [9.17, 15) is 4.79 Å². The van der Waals surface area contributed by atoms with Gasteiger partial charge >= 0.3 is 0 Å². The van der Waals surface area contributed by atoms with Crippen LogP contribution in [0.5, 0.6) is 0 Å². The summed E-state index contributed by atoms with van der Waals surface area (Å²) in [5.74, 6) is 0. The molecule has 0 radical (unpaired) electrons. The number of hydrogen-bond donors (Lipinski definition) is 2. The van der Waals surface area contributed by atoms with Crippen LogP contribution in [0.4, 0.5) is 5.69 Å². The van der Waals surface area contributed by atoms with Gasteiger partial charge in [0.2, 0.25) is 5.56 Å². The predicted octanol–water partition coefficient (Wildman–Crippen LogP) is 1.11. The molecule has 0 bridgehead atoms. The zero-order valence-corrected chi connectivity index (χ0v) is 11.0. The predicted molar refractivity (Wildman–Crippen MR) is 76.7 cm³/mol. The topological polar surface area (TPSA) is 61.0 Å². The molecule has 1 saturated heterocycles. The van der Waals surface area contributed by atoms with Gasteiger partial charge in [-0.25, -0.2) is 0 Å². The molecule has 1 aliphatic rings. The number of aromatic amines is 1. The molecular weight excluding hydrogens is 240 g/mol. The van der Waals surface area contributed by atoms with Gasteiger partial charge in [0, 0.05) is 25.2 Å². The van der Waals surface area contributed by atoms with Crippen LogP contribution in [0.1, 0.15) is 12.8 Å². The first-order chi connectivity index (χ1) is 9.26. The fourth-order valence-electron chi connectivity index (χ4n) is 2.63. The molecular formula is C14H18N4O. The summed E-state index contributed by atoms with van der Waals surface area (Å²) in [5.41, 5.74) is 2.64. The van der Waals surface area contributed by atoms with Crippen molar-refractivity contribution in [3.05, 3.63) is 34.7 Å². The van der Waals surface area contributed by atoms with Crippen LogP contribution in [0.15, 0.2) is 29.2 Å². The van der Waals surface area contributed by atoms with Crippen LogP contribution in [-0.4, -0.2) is 36.1 Å². The van der Waals surface area contributed by atoms with E-state index in [1.165, 1.54) is 6.07 Å². The average molecular weight is 258 g/mol. The minimum atomic E-state index is -0.0830. The second-order valence-corrected chi connectivity index (χ2v) is 5.00. The van der Waals surface area contributed by atoms with Crippen molar-refractivity contribution in [3.8, 4) is 0 Å². The first kappa shape index (κ1) is 12.2. The summed E-state index contributed by atoms with van der Waals surface area (Å²) in [6.07, 6.45) is 4.17. The third kappa shape index (κ3) is 2.46. The molecule has 2 aromatic rings. The third-order valence-electron chi connectivity index (χ3n) is 3.82. The summed E-state index contributed by atoms with van der Waals surface area (Å²) in [5, 5.41) is 3.32. The van der Waals surface area contributed by atoms with Crippen LogP contribution in [0.25, 0.3) is 11.0 Å². The molecule has 0 atom stereocenters. The standard InChI is InChI=1S/C14H18N4O/c1-15-10-4-6-18(7-5-10)11-8-13-12(16-9-11)2-3-14(19)17-13/h2-3,8-10,15H,4-7H2,1H3,(H,17,19). The summed E-state index contributed by atoms with van der Waals surface area (Å²) >= 11 is 0. The molecule has 0 unspecified atom stereocenters. The zero-order valence-electron chi connectivity index (χ0n) is 11.0. The molecule has 1 fully saturated rings. The third-order valence-corrected chi connectivity index (χ3v) is 3.82. The van der Waals surface area contributed by atoms with Crippen molar-refractivity contribution in [2.45, 2.75) is 18.9 Å². The molecule has 0 aliphatic carbocycles. The Morgan fingerprint density at radius 1 is 1.37 bits per heavy atom. The molecule has 2 N–H and O–H groups in total. The molecule has 0 aromatic carbocycles. The van der Waals surface area contributed by atoms with Gasteiger partial charge in [-0.05, 0) is 32.0 Å². The molecule has 3 heterocycles. The lowest BCUT2D eigenvalue weighted by molar-refractivity contribution is 0.442. The molecule has 1 aliphatic heterocycles. The number of anilines is 1. The maximum atomic E-state index is 11.3. The van der Waals surface area contributed by atoms with Crippen LogP contribution in [0, 0.1) is 0 Å². The van der Waals surface area contributed by atoms with Crippen LogP contribution in [0.3, 0.4) is 0 Å². The monoisotopic (exact) mass is 258 g/mol. The van der Waals surface area contributed by atoms with Gasteiger partial charge in [0.15, 0.2) is 0 Å². The maximum absolute atomic E-state index is 11.3. The Morgan fingerprint density at radius 3 is 2.89 bits per heavy atom. The van der Waals surface area contributed by atoms with Crippen molar-refractivity contribution >= 4 is 16.7 Å². The van der Waals surface area contributed by atoms with Crippen molar-refractivity contribution in [1.29, 1.82) is 0 Å². The van der Waals surface area contributed by atoms with Crippen LogP contribution in [0.2, 0.25) is 0 Å². The summed E-state index contributed by atoms with van der Waals surface area (Å²) in [6.45, 7) is 2.05. The van der Waals surface area contributed by atoms with Crippen LogP contribution >= 0.6 is 0 Å². The fourth-order valence-corrected chi connectivity index (χ4v) is 2.63. The number of rotatable bonds is 2. The van der Waals surface area contributed by atoms with Gasteiger partial charge in [0.05, 0.1) is 22.9 Å². The van der Waals surface area contributed by atoms with E-state index >= 15 is 0 Å². The lowest BCUT2D eigenvalue weighted by Crippen LogP contribution is -2.41. The lowest BCUT2D eigenvalue weighted by Gasteiger charge is -2.33.